The number of nitrogens with zero attached hydrogens (tertiary/aromatic N) is 1. The van der Waals surface area contributed by atoms with Crippen molar-refractivity contribution in [3.63, 3.8) is 0 Å². The molecule has 3 heteroatoms. The van der Waals surface area contributed by atoms with E-state index in [1.807, 2.05) is 12.1 Å². The zero-order valence-corrected chi connectivity index (χ0v) is 11.4. The van der Waals surface area contributed by atoms with E-state index >= 15 is 0 Å². The van der Waals surface area contributed by atoms with Crippen LogP contribution in [0.4, 0.5) is 0 Å². The molecule has 3 atom stereocenters. The molecule has 0 amide bonds. The molecule has 0 aromatic heterocycles. The van der Waals surface area contributed by atoms with Gasteiger partial charge in [0.05, 0.1) is 6.61 Å². The van der Waals surface area contributed by atoms with Crippen LogP contribution < -0.4 is 0 Å². The molecule has 0 heterocycles. The molecular weight excluding hydrogens is 226 g/mol. The summed E-state index contributed by atoms with van der Waals surface area (Å²) < 4.78 is 4.92. The molecule has 0 aromatic carbocycles. The van der Waals surface area contributed by atoms with E-state index in [1.54, 1.807) is 6.92 Å². The van der Waals surface area contributed by atoms with Crippen molar-refractivity contribution in [1.82, 2.24) is 0 Å². The van der Waals surface area contributed by atoms with Crippen LogP contribution in [-0.2, 0) is 9.53 Å². The van der Waals surface area contributed by atoms with Crippen LogP contribution in [0.15, 0.2) is 11.6 Å². The van der Waals surface area contributed by atoms with E-state index < -0.39 is 5.97 Å². The van der Waals surface area contributed by atoms with Crippen molar-refractivity contribution in [2.45, 2.75) is 40.0 Å². The Balaban J connectivity index is 2.21. The summed E-state index contributed by atoms with van der Waals surface area (Å²) in [6, 6.07) is 2.00. The first-order valence-electron chi connectivity index (χ1n) is 6.79. The maximum Gasteiger partial charge on any atom is 0.348 e. The fraction of sp³-hybridized carbons (Fsp3) is 0.733. The molecule has 2 rings (SSSR count). The summed E-state index contributed by atoms with van der Waals surface area (Å²) in [6.45, 7) is 6.60. The van der Waals surface area contributed by atoms with Crippen molar-refractivity contribution >= 4 is 5.97 Å². The fourth-order valence-corrected chi connectivity index (χ4v) is 3.79. The lowest BCUT2D eigenvalue weighted by atomic mass is 9.68. The van der Waals surface area contributed by atoms with E-state index in [9.17, 15) is 4.79 Å². The average molecular weight is 247 g/mol. The summed E-state index contributed by atoms with van der Waals surface area (Å²) in [4.78, 5) is 11.7. The lowest BCUT2D eigenvalue weighted by molar-refractivity contribution is -0.138. The zero-order chi connectivity index (χ0) is 13.3. The zero-order valence-electron chi connectivity index (χ0n) is 11.4. The van der Waals surface area contributed by atoms with Gasteiger partial charge in [-0.25, -0.2) is 4.79 Å². The number of allylic oxidation sites excluding steroid dienone is 1. The molecule has 0 aliphatic heterocycles. The second-order valence-electron chi connectivity index (χ2n) is 6.03. The van der Waals surface area contributed by atoms with Gasteiger partial charge in [0.15, 0.2) is 0 Å². The van der Waals surface area contributed by atoms with Gasteiger partial charge in [0.1, 0.15) is 11.6 Å². The smallest absolute Gasteiger partial charge is 0.348 e. The topological polar surface area (TPSA) is 50.1 Å². The highest BCUT2D eigenvalue weighted by Crippen LogP contribution is 2.59. The van der Waals surface area contributed by atoms with Crippen LogP contribution in [0.1, 0.15) is 40.0 Å². The third-order valence-corrected chi connectivity index (χ3v) is 4.85. The number of nitriles is 1. The van der Waals surface area contributed by atoms with Crippen molar-refractivity contribution in [3.05, 3.63) is 11.6 Å². The Morgan fingerprint density at radius 3 is 2.72 bits per heavy atom. The normalized spacial score (nSPS) is 33.2. The molecule has 3 unspecified atom stereocenters. The largest absolute Gasteiger partial charge is 0.462 e. The third-order valence-electron chi connectivity index (χ3n) is 4.85. The standard InChI is InChI=1S/C15H21NO2/c1-4-18-14(17)11(9-16)8-13-10-5-6-12(7-10)15(13,2)3/h8,10,12-13H,4-7H2,1-3H3. The van der Waals surface area contributed by atoms with Gasteiger partial charge in [-0.3, -0.25) is 0 Å². The maximum atomic E-state index is 11.7. The summed E-state index contributed by atoms with van der Waals surface area (Å²) in [6.07, 6.45) is 5.65. The van der Waals surface area contributed by atoms with Crippen LogP contribution >= 0.6 is 0 Å². The summed E-state index contributed by atoms with van der Waals surface area (Å²) in [7, 11) is 0. The molecule has 2 aliphatic rings. The van der Waals surface area contributed by atoms with Crippen molar-refractivity contribution < 1.29 is 9.53 Å². The monoisotopic (exact) mass is 247 g/mol. The highest BCUT2D eigenvalue weighted by molar-refractivity contribution is 5.92. The van der Waals surface area contributed by atoms with Crippen molar-refractivity contribution in [1.29, 1.82) is 5.26 Å². The minimum absolute atomic E-state index is 0.183. The van der Waals surface area contributed by atoms with Gasteiger partial charge in [0.25, 0.3) is 0 Å². The Hall–Kier alpha value is -1.30. The van der Waals surface area contributed by atoms with Crippen LogP contribution in [0.5, 0.6) is 0 Å². The summed E-state index contributed by atoms with van der Waals surface area (Å²) >= 11 is 0. The molecule has 2 saturated carbocycles. The number of carbonyl (C=O) groups is 1. The van der Waals surface area contributed by atoms with Gasteiger partial charge < -0.3 is 4.74 Å². The first-order valence-corrected chi connectivity index (χ1v) is 6.79. The SMILES string of the molecule is CCOC(=O)C(C#N)=CC1C2CCC(C2)C1(C)C. The van der Waals surface area contributed by atoms with E-state index in [0.717, 1.165) is 5.92 Å². The predicted octanol–water partition coefficient (Wildman–Crippen LogP) is 3.07. The third kappa shape index (κ3) is 2.05. The lowest BCUT2D eigenvalue weighted by Gasteiger charge is -2.36. The van der Waals surface area contributed by atoms with Gasteiger partial charge in [-0.15, -0.1) is 0 Å². The Morgan fingerprint density at radius 1 is 1.50 bits per heavy atom. The van der Waals surface area contributed by atoms with E-state index in [2.05, 4.69) is 13.8 Å². The van der Waals surface area contributed by atoms with Gasteiger partial charge in [0.2, 0.25) is 0 Å². The van der Waals surface area contributed by atoms with Crippen LogP contribution in [-0.4, -0.2) is 12.6 Å². The Labute approximate surface area is 109 Å². The maximum absolute atomic E-state index is 11.7. The first-order chi connectivity index (χ1) is 8.50. The Morgan fingerprint density at radius 2 is 2.22 bits per heavy atom. The minimum atomic E-state index is -0.474. The molecule has 98 valence electrons. The number of fused-ring (bicyclic) bond motifs is 2. The van der Waals surface area contributed by atoms with Gasteiger partial charge in [0, 0.05) is 0 Å². The molecule has 0 N–H and O–H groups in total. The second-order valence-corrected chi connectivity index (χ2v) is 6.03. The highest BCUT2D eigenvalue weighted by atomic mass is 16.5. The molecule has 0 spiro atoms. The molecule has 0 radical (unpaired) electrons. The second kappa shape index (κ2) is 4.76. The van der Waals surface area contributed by atoms with Crippen LogP contribution in [0.2, 0.25) is 0 Å². The Bertz CT molecular complexity index is 417. The lowest BCUT2D eigenvalue weighted by Crippen LogP contribution is -2.30. The van der Waals surface area contributed by atoms with Gasteiger partial charge in [-0.1, -0.05) is 19.9 Å². The van der Waals surface area contributed by atoms with Crippen molar-refractivity contribution in [3.8, 4) is 6.07 Å². The average Bonchev–Trinajstić information content (AvgIpc) is 2.86. The Kier molecular flexibility index (Phi) is 3.47. The predicted molar refractivity (Wildman–Crippen MR) is 68.4 cm³/mol. The molecule has 0 aromatic rings. The first kappa shape index (κ1) is 13.1. The number of hydrogen-bond donors (Lipinski definition) is 0. The molecule has 2 fully saturated rings. The number of rotatable bonds is 3. The van der Waals surface area contributed by atoms with Gasteiger partial charge in [-0.05, 0) is 49.4 Å². The minimum Gasteiger partial charge on any atom is -0.462 e. The number of carbonyl (C=O) groups excluding carboxylic acids is 1. The van der Waals surface area contributed by atoms with Crippen LogP contribution in [0.3, 0.4) is 0 Å². The van der Waals surface area contributed by atoms with E-state index in [-0.39, 0.29) is 11.0 Å². The van der Waals surface area contributed by atoms with E-state index in [0.29, 0.717) is 18.4 Å². The molecular formula is C15H21NO2. The molecule has 18 heavy (non-hydrogen) atoms. The summed E-state index contributed by atoms with van der Waals surface area (Å²) in [5.41, 5.74) is 0.389. The number of hydrogen-bond acceptors (Lipinski definition) is 3. The summed E-state index contributed by atoms with van der Waals surface area (Å²) in [5, 5.41) is 9.10. The molecule has 2 aliphatic carbocycles. The van der Waals surface area contributed by atoms with Crippen LogP contribution in [0.25, 0.3) is 0 Å². The van der Waals surface area contributed by atoms with Crippen LogP contribution in [0, 0.1) is 34.5 Å². The van der Waals surface area contributed by atoms with Gasteiger partial charge >= 0.3 is 5.97 Å². The summed E-state index contributed by atoms with van der Waals surface area (Å²) in [5.74, 6) is 1.25. The fourth-order valence-electron chi connectivity index (χ4n) is 3.79. The quantitative estimate of drug-likeness (QED) is 0.437. The number of esters is 1. The van der Waals surface area contributed by atoms with Crippen molar-refractivity contribution in [2.24, 2.45) is 23.2 Å². The van der Waals surface area contributed by atoms with E-state index in [4.69, 9.17) is 10.00 Å². The van der Waals surface area contributed by atoms with E-state index in [1.165, 1.54) is 19.3 Å². The molecule has 0 saturated heterocycles. The molecule has 2 bridgehead atoms. The number of ether oxygens (including phenoxy) is 1. The highest BCUT2D eigenvalue weighted by Gasteiger charge is 2.51. The molecule has 3 nitrogen and oxygen atoms in total. The van der Waals surface area contributed by atoms with Gasteiger partial charge in [-0.2, -0.15) is 5.26 Å². The van der Waals surface area contributed by atoms with Crippen molar-refractivity contribution in [2.75, 3.05) is 6.61 Å².